The molecular weight excluding hydrogens is 397 g/mol. The fraction of sp³-hybridized carbons (Fsp3) is 0.217. The smallest absolute Gasteiger partial charge is 0.255 e. The number of nitrogens with zero attached hydrogens (tertiary/aromatic N) is 2. The van der Waals surface area contributed by atoms with Crippen molar-refractivity contribution in [1.29, 1.82) is 0 Å². The molecule has 0 saturated heterocycles. The third kappa shape index (κ3) is 6.60. The first kappa shape index (κ1) is 21.9. The van der Waals surface area contributed by atoms with E-state index in [4.69, 9.17) is 0 Å². The second kappa shape index (κ2) is 10.8. The molecule has 31 heavy (non-hydrogen) atoms. The van der Waals surface area contributed by atoms with Crippen LogP contribution >= 0.6 is 0 Å². The summed E-state index contributed by atoms with van der Waals surface area (Å²) in [5.41, 5.74) is 2.04. The van der Waals surface area contributed by atoms with Crippen molar-refractivity contribution in [3.05, 3.63) is 83.4 Å². The highest BCUT2D eigenvalue weighted by molar-refractivity contribution is 5.99. The summed E-state index contributed by atoms with van der Waals surface area (Å²) in [6.45, 7) is 2.50. The van der Waals surface area contributed by atoms with Crippen molar-refractivity contribution in [2.24, 2.45) is 0 Å². The minimum atomic E-state index is -0.307. The van der Waals surface area contributed by atoms with Crippen LogP contribution in [-0.2, 0) is 17.8 Å². The lowest BCUT2D eigenvalue weighted by atomic mass is 10.1. The molecule has 0 aliphatic carbocycles. The summed E-state index contributed by atoms with van der Waals surface area (Å²) in [6, 6.07) is 13.2. The molecule has 2 heterocycles. The van der Waals surface area contributed by atoms with Gasteiger partial charge in [0.15, 0.2) is 0 Å². The number of halogens is 1. The van der Waals surface area contributed by atoms with E-state index in [0.29, 0.717) is 43.1 Å². The van der Waals surface area contributed by atoms with Crippen LogP contribution in [-0.4, -0.2) is 28.3 Å². The number of rotatable bonds is 9. The molecule has 0 aliphatic heterocycles. The molecule has 8 heteroatoms. The van der Waals surface area contributed by atoms with E-state index < -0.39 is 0 Å². The molecule has 0 fully saturated rings. The zero-order chi connectivity index (χ0) is 22.1. The second-order valence-corrected chi connectivity index (χ2v) is 6.85. The van der Waals surface area contributed by atoms with Gasteiger partial charge in [0.25, 0.3) is 5.91 Å². The highest BCUT2D eigenvalue weighted by Gasteiger charge is 2.14. The van der Waals surface area contributed by atoms with E-state index in [1.54, 1.807) is 43.6 Å². The van der Waals surface area contributed by atoms with Gasteiger partial charge in [-0.25, -0.2) is 9.37 Å². The fourth-order valence-corrected chi connectivity index (χ4v) is 2.88. The average molecular weight is 421 g/mol. The van der Waals surface area contributed by atoms with E-state index in [9.17, 15) is 14.0 Å². The molecule has 2 amide bonds. The largest absolute Gasteiger partial charge is 0.369 e. The molecule has 0 atom stereocenters. The maximum Gasteiger partial charge on any atom is 0.255 e. The van der Waals surface area contributed by atoms with Crippen LogP contribution in [0.4, 0.5) is 16.0 Å². The SMILES string of the molecule is CCC(=O)Nc1ccc(C(=O)NCc2cccnc2)c(NCCc2cccc(F)c2)n1. The fourth-order valence-electron chi connectivity index (χ4n) is 2.88. The molecule has 2 aromatic heterocycles. The number of hydrogen-bond acceptors (Lipinski definition) is 5. The Kier molecular flexibility index (Phi) is 7.64. The topological polar surface area (TPSA) is 96.0 Å². The van der Waals surface area contributed by atoms with E-state index in [-0.39, 0.29) is 17.6 Å². The second-order valence-electron chi connectivity index (χ2n) is 6.85. The Balaban J connectivity index is 1.72. The van der Waals surface area contributed by atoms with Crippen molar-refractivity contribution in [1.82, 2.24) is 15.3 Å². The lowest BCUT2D eigenvalue weighted by molar-refractivity contribution is -0.115. The molecular formula is C23H24FN5O2. The van der Waals surface area contributed by atoms with E-state index in [2.05, 4.69) is 25.9 Å². The van der Waals surface area contributed by atoms with Crippen molar-refractivity contribution in [2.45, 2.75) is 26.3 Å². The molecule has 3 N–H and O–H groups in total. The van der Waals surface area contributed by atoms with Crippen LogP contribution in [0.3, 0.4) is 0 Å². The molecule has 0 bridgehead atoms. The Morgan fingerprint density at radius 2 is 1.90 bits per heavy atom. The van der Waals surface area contributed by atoms with Gasteiger partial charge in [0.2, 0.25) is 5.91 Å². The van der Waals surface area contributed by atoms with Crippen LogP contribution in [0, 0.1) is 5.82 Å². The molecule has 3 aromatic rings. The van der Waals surface area contributed by atoms with Crippen molar-refractivity contribution >= 4 is 23.5 Å². The first-order chi connectivity index (χ1) is 15.0. The van der Waals surface area contributed by atoms with Gasteiger partial charge in [-0.2, -0.15) is 0 Å². The maximum absolute atomic E-state index is 13.4. The number of pyridine rings is 2. The van der Waals surface area contributed by atoms with Crippen molar-refractivity contribution in [3.8, 4) is 0 Å². The summed E-state index contributed by atoms with van der Waals surface area (Å²) in [7, 11) is 0. The summed E-state index contributed by atoms with van der Waals surface area (Å²) in [6.07, 6.45) is 4.21. The monoisotopic (exact) mass is 421 g/mol. The number of carbonyl (C=O) groups excluding carboxylic acids is 2. The van der Waals surface area contributed by atoms with Gasteiger partial charge in [-0.05, 0) is 47.9 Å². The third-order valence-corrected chi connectivity index (χ3v) is 4.50. The van der Waals surface area contributed by atoms with E-state index in [1.165, 1.54) is 12.1 Å². The van der Waals surface area contributed by atoms with Crippen molar-refractivity contribution < 1.29 is 14.0 Å². The highest BCUT2D eigenvalue weighted by Crippen LogP contribution is 2.17. The van der Waals surface area contributed by atoms with Crippen molar-refractivity contribution in [3.63, 3.8) is 0 Å². The molecule has 0 unspecified atom stereocenters. The molecule has 0 aliphatic rings. The Morgan fingerprint density at radius 1 is 1.06 bits per heavy atom. The number of aromatic nitrogens is 2. The maximum atomic E-state index is 13.4. The van der Waals surface area contributed by atoms with Gasteiger partial charge in [0.05, 0.1) is 5.56 Å². The van der Waals surface area contributed by atoms with Crippen LogP contribution in [0.1, 0.15) is 34.8 Å². The number of benzene rings is 1. The molecule has 0 spiro atoms. The number of nitrogens with one attached hydrogen (secondary N) is 3. The zero-order valence-corrected chi connectivity index (χ0v) is 17.2. The summed E-state index contributed by atoms with van der Waals surface area (Å²) in [5, 5.41) is 8.67. The summed E-state index contributed by atoms with van der Waals surface area (Å²) >= 11 is 0. The van der Waals surface area contributed by atoms with Gasteiger partial charge < -0.3 is 16.0 Å². The molecule has 3 rings (SSSR count). The number of hydrogen-bond donors (Lipinski definition) is 3. The lowest BCUT2D eigenvalue weighted by Crippen LogP contribution is -2.25. The molecule has 0 radical (unpaired) electrons. The quantitative estimate of drug-likeness (QED) is 0.491. The van der Waals surface area contributed by atoms with Gasteiger partial charge in [-0.3, -0.25) is 14.6 Å². The van der Waals surface area contributed by atoms with Gasteiger partial charge in [0, 0.05) is 31.9 Å². The van der Waals surface area contributed by atoms with Gasteiger partial charge >= 0.3 is 0 Å². The minimum Gasteiger partial charge on any atom is -0.369 e. The Bertz CT molecular complexity index is 1040. The summed E-state index contributed by atoms with van der Waals surface area (Å²) < 4.78 is 13.4. The summed E-state index contributed by atoms with van der Waals surface area (Å²) in [5.74, 6) is -0.0850. The Morgan fingerprint density at radius 3 is 2.65 bits per heavy atom. The number of carbonyl (C=O) groups is 2. The third-order valence-electron chi connectivity index (χ3n) is 4.50. The van der Waals surface area contributed by atoms with Gasteiger partial charge in [0.1, 0.15) is 17.5 Å². The minimum absolute atomic E-state index is 0.174. The molecule has 160 valence electrons. The number of anilines is 2. The molecule has 1 aromatic carbocycles. The predicted molar refractivity (Wildman–Crippen MR) is 117 cm³/mol. The van der Waals surface area contributed by atoms with Crippen LogP contribution in [0.2, 0.25) is 0 Å². The Labute approximate surface area is 180 Å². The standard InChI is InChI=1S/C23H24FN5O2/c1-2-21(30)28-20-9-8-19(23(31)27-15-17-6-4-11-25-14-17)22(29-20)26-12-10-16-5-3-7-18(24)13-16/h3-9,11,13-14H,2,10,12,15H2,1H3,(H,27,31)(H2,26,28,29,30). The molecule has 7 nitrogen and oxygen atoms in total. The average Bonchev–Trinajstić information content (AvgIpc) is 2.78. The van der Waals surface area contributed by atoms with Gasteiger partial charge in [-0.15, -0.1) is 0 Å². The predicted octanol–water partition coefficient (Wildman–Crippen LogP) is 3.55. The zero-order valence-electron chi connectivity index (χ0n) is 17.2. The lowest BCUT2D eigenvalue weighted by Gasteiger charge is -2.13. The molecule has 0 saturated carbocycles. The van der Waals surface area contributed by atoms with Crippen LogP contribution in [0.15, 0.2) is 60.9 Å². The van der Waals surface area contributed by atoms with Crippen LogP contribution in [0.25, 0.3) is 0 Å². The first-order valence-electron chi connectivity index (χ1n) is 10.0. The van der Waals surface area contributed by atoms with Gasteiger partial charge in [-0.1, -0.05) is 25.1 Å². The first-order valence-corrected chi connectivity index (χ1v) is 10.0. The van der Waals surface area contributed by atoms with Crippen LogP contribution < -0.4 is 16.0 Å². The van der Waals surface area contributed by atoms with Crippen molar-refractivity contribution in [2.75, 3.05) is 17.2 Å². The van der Waals surface area contributed by atoms with E-state index in [1.807, 2.05) is 12.1 Å². The number of amides is 2. The summed E-state index contributed by atoms with van der Waals surface area (Å²) in [4.78, 5) is 32.9. The van der Waals surface area contributed by atoms with Crippen LogP contribution in [0.5, 0.6) is 0 Å². The van der Waals surface area contributed by atoms with E-state index in [0.717, 1.165) is 11.1 Å². The Hall–Kier alpha value is -3.81. The van der Waals surface area contributed by atoms with E-state index >= 15 is 0 Å². The highest BCUT2D eigenvalue weighted by atomic mass is 19.1. The normalized spacial score (nSPS) is 10.4.